The number of hydrogen-bond donors (Lipinski definition) is 1. The normalized spacial score (nSPS) is 11.8. The quantitative estimate of drug-likeness (QED) is 0.557. The van der Waals surface area contributed by atoms with Gasteiger partial charge < -0.3 is 14.8 Å². The molecule has 0 aliphatic heterocycles. The molecule has 1 aromatic carbocycles. The van der Waals surface area contributed by atoms with Crippen LogP contribution in [0.5, 0.6) is 0 Å². The Hall–Kier alpha value is -1.05. The van der Waals surface area contributed by atoms with E-state index in [9.17, 15) is 9.59 Å². The van der Waals surface area contributed by atoms with Crippen molar-refractivity contribution in [3.63, 3.8) is 0 Å². The lowest BCUT2D eigenvalue weighted by Crippen LogP contribution is -2.35. The number of esters is 1. The van der Waals surface area contributed by atoms with Crippen molar-refractivity contribution in [1.29, 1.82) is 0 Å². The zero-order chi connectivity index (χ0) is 15.7. The summed E-state index contributed by atoms with van der Waals surface area (Å²) in [5.74, 6) is 0.292. The van der Waals surface area contributed by atoms with E-state index in [0.29, 0.717) is 12.2 Å². The maximum absolute atomic E-state index is 11.9. The molecule has 1 N–H and O–H groups in total. The molecular weight excluding hydrogens is 358 g/mol. The molecule has 1 aromatic rings. The van der Waals surface area contributed by atoms with E-state index in [1.807, 2.05) is 12.1 Å². The van der Waals surface area contributed by atoms with Crippen molar-refractivity contribution in [3.05, 3.63) is 34.3 Å². The molecule has 0 aliphatic rings. The van der Waals surface area contributed by atoms with Gasteiger partial charge in [0, 0.05) is 17.3 Å². The first-order valence-corrected chi connectivity index (χ1v) is 8.22. The first-order chi connectivity index (χ1) is 10.1. The number of rotatable bonds is 8. The Kier molecular flexibility index (Phi) is 8.41. The molecule has 21 heavy (non-hydrogen) atoms. The maximum atomic E-state index is 11.9. The molecule has 1 rings (SSSR count). The molecule has 1 amide bonds. The average Bonchev–Trinajstić information content (AvgIpc) is 2.49. The molecule has 0 unspecified atom stereocenters. The first-order valence-electron chi connectivity index (χ1n) is 6.27. The predicted molar refractivity (Wildman–Crippen MR) is 86.2 cm³/mol. The molecule has 0 saturated heterocycles. The third-order valence-electron chi connectivity index (χ3n) is 2.61. The molecule has 5 nitrogen and oxygen atoms in total. The lowest BCUT2D eigenvalue weighted by Gasteiger charge is -2.17. The Labute approximate surface area is 136 Å². The van der Waals surface area contributed by atoms with Crippen molar-refractivity contribution in [2.75, 3.05) is 32.3 Å². The van der Waals surface area contributed by atoms with E-state index in [0.717, 1.165) is 10.2 Å². The second-order valence-electron chi connectivity index (χ2n) is 4.12. The van der Waals surface area contributed by atoms with E-state index in [2.05, 4.69) is 21.2 Å². The van der Waals surface area contributed by atoms with Gasteiger partial charge in [0.15, 0.2) is 6.04 Å². The number of thioether (sulfide) groups is 1. The molecule has 0 aliphatic carbocycles. The van der Waals surface area contributed by atoms with Gasteiger partial charge in [-0.1, -0.05) is 28.1 Å². The summed E-state index contributed by atoms with van der Waals surface area (Å²) in [6, 6.07) is 6.36. The summed E-state index contributed by atoms with van der Waals surface area (Å²) in [5, 5.41) is 2.69. The summed E-state index contributed by atoms with van der Waals surface area (Å²) in [6.45, 7) is 0.588. The maximum Gasteiger partial charge on any atom is 0.333 e. The second-order valence-corrected chi connectivity index (χ2v) is 6.14. The van der Waals surface area contributed by atoms with Crippen LogP contribution in [-0.4, -0.2) is 44.2 Å². The number of amides is 1. The number of carbonyl (C=O) groups excluding carboxylic acids is 2. The number of methoxy groups -OCH3 is 2. The van der Waals surface area contributed by atoms with Crippen molar-refractivity contribution < 1.29 is 19.1 Å². The van der Waals surface area contributed by atoms with Crippen molar-refractivity contribution >= 4 is 39.6 Å². The van der Waals surface area contributed by atoms with Crippen LogP contribution in [0.2, 0.25) is 0 Å². The average molecular weight is 376 g/mol. The minimum Gasteiger partial charge on any atom is -0.467 e. The summed E-state index contributed by atoms with van der Waals surface area (Å²) in [7, 11) is 2.91. The highest BCUT2D eigenvalue weighted by Gasteiger charge is 2.23. The number of carbonyl (C=O) groups is 2. The van der Waals surface area contributed by atoms with Crippen LogP contribution in [0.3, 0.4) is 0 Å². The van der Waals surface area contributed by atoms with Crippen molar-refractivity contribution in [2.45, 2.75) is 6.04 Å². The minimum atomic E-state index is -0.793. The Morgan fingerprint density at radius 1 is 1.29 bits per heavy atom. The lowest BCUT2D eigenvalue weighted by molar-refractivity contribution is -0.145. The topological polar surface area (TPSA) is 64.6 Å². The van der Waals surface area contributed by atoms with Gasteiger partial charge in [-0.05, 0) is 17.7 Å². The first kappa shape index (κ1) is 18.0. The van der Waals surface area contributed by atoms with Crippen LogP contribution in [0.4, 0.5) is 0 Å². The molecular formula is C14H18BrNO4S. The van der Waals surface area contributed by atoms with E-state index in [-0.39, 0.29) is 11.7 Å². The third kappa shape index (κ3) is 6.50. The van der Waals surface area contributed by atoms with Crippen LogP contribution < -0.4 is 5.32 Å². The molecule has 7 heteroatoms. The fourth-order valence-electron chi connectivity index (χ4n) is 1.56. The van der Waals surface area contributed by atoms with Gasteiger partial charge in [0.25, 0.3) is 0 Å². The van der Waals surface area contributed by atoms with Gasteiger partial charge >= 0.3 is 5.97 Å². The van der Waals surface area contributed by atoms with Gasteiger partial charge in [-0.25, -0.2) is 4.79 Å². The summed E-state index contributed by atoms with van der Waals surface area (Å²) in [4.78, 5) is 23.7. The van der Waals surface area contributed by atoms with E-state index < -0.39 is 12.0 Å². The number of halogens is 1. The highest BCUT2D eigenvalue weighted by molar-refractivity contribution is 9.10. The van der Waals surface area contributed by atoms with Crippen LogP contribution in [0.1, 0.15) is 11.6 Å². The highest BCUT2D eigenvalue weighted by atomic mass is 79.9. The van der Waals surface area contributed by atoms with E-state index >= 15 is 0 Å². The van der Waals surface area contributed by atoms with Gasteiger partial charge in [-0.3, -0.25) is 4.79 Å². The zero-order valence-corrected chi connectivity index (χ0v) is 14.3. The molecule has 116 valence electrons. The fourth-order valence-corrected chi connectivity index (χ4v) is 2.52. The van der Waals surface area contributed by atoms with Gasteiger partial charge in [-0.15, -0.1) is 11.8 Å². The molecule has 0 heterocycles. The Morgan fingerprint density at radius 2 is 1.95 bits per heavy atom. The molecule has 0 radical (unpaired) electrons. The molecule has 1 atom stereocenters. The van der Waals surface area contributed by atoms with Crippen molar-refractivity contribution in [2.24, 2.45) is 0 Å². The Morgan fingerprint density at radius 3 is 2.52 bits per heavy atom. The van der Waals surface area contributed by atoms with Crippen molar-refractivity contribution in [3.8, 4) is 0 Å². The Bertz CT molecular complexity index is 467. The van der Waals surface area contributed by atoms with Gasteiger partial charge in [0.2, 0.25) is 5.91 Å². The van der Waals surface area contributed by atoms with E-state index in [4.69, 9.17) is 9.47 Å². The van der Waals surface area contributed by atoms with Gasteiger partial charge in [0.1, 0.15) is 0 Å². The highest BCUT2D eigenvalue weighted by Crippen LogP contribution is 2.18. The minimum absolute atomic E-state index is 0.213. The van der Waals surface area contributed by atoms with E-state index in [1.165, 1.54) is 18.9 Å². The van der Waals surface area contributed by atoms with Crippen LogP contribution in [0.25, 0.3) is 0 Å². The zero-order valence-electron chi connectivity index (χ0n) is 11.9. The molecule has 0 fully saturated rings. The van der Waals surface area contributed by atoms with Crippen LogP contribution >= 0.6 is 27.7 Å². The number of ether oxygens (including phenoxy) is 2. The third-order valence-corrected chi connectivity index (χ3v) is 4.06. The van der Waals surface area contributed by atoms with Crippen LogP contribution in [0, 0.1) is 0 Å². The second kappa shape index (κ2) is 9.81. The monoisotopic (exact) mass is 375 g/mol. The Balaban J connectivity index is 2.64. The van der Waals surface area contributed by atoms with Crippen LogP contribution in [-0.2, 0) is 19.1 Å². The summed E-state index contributed by atoms with van der Waals surface area (Å²) >= 11 is 4.78. The molecule has 0 spiro atoms. The summed E-state index contributed by atoms with van der Waals surface area (Å²) in [6.07, 6.45) is 0. The molecule has 0 bridgehead atoms. The van der Waals surface area contributed by atoms with E-state index in [1.54, 1.807) is 19.2 Å². The number of benzene rings is 1. The fraction of sp³-hybridized carbons (Fsp3) is 0.429. The molecule has 0 aromatic heterocycles. The SMILES string of the molecule is COCCSCC(=O)N[C@H](C(=O)OC)c1ccc(Br)cc1. The smallest absolute Gasteiger partial charge is 0.333 e. The number of hydrogen-bond acceptors (Lipinski definition) is 5. The number of nitrogens with one attached hydrogen (secondary N) is 1. The van der Waals surface area contributed by atoms with Crippen molar-refractivity contribution in [1.82, 2.24) is 5.32 Å². The van der Waals surface area contributed by atoms with Gasteiger partial charge in [0.05, 0.1) is 19.5 Å². The molecule has 0 saturated carbocycles. The summed E-state index contributed by atoms with van der Waals surface area (Å²) in [5.41, 5.74) is 0.681. The largest absolute Gasteiger partial charge is 0.467 e. The lowest BCUT2D eigenvalue weighted by atomic mass is 10.1. The summed E-state index contributed by atoms with van der Waals surface area (Å²) < 4.78 is 10.6. The van der Waals surface area contributed by atoms with Gasteiger partial charge in [-0.2, -0.15) is 0 Å². The standard InChI is InChI=1S/C14H18BrNO4S/c1-19-7-8-21-9-12(17)16-13(14(18)20-2)10-3-5-11(15)6-4-10/h3-6,13H,7-9H2,1-2H3,(H,16,17)/t13-/m0/s1. The predicted octanol–water partition coefficient (Wildman–Crippen LogP) is 2.16. The van der Waals surface area contributed by atoms with Crippen LogP contribution in [0.15, 0.2) is 28.7 Å².